The van der Waals surface area contributed by atoms with Gasteiger partial charge in [-0.05, 0) is 50.5 Å². The zero-order chi connectivity index (χ0) is 18.7. The smallest absolute Gasteiger partial charge is 0.259 e. The van der Waals surface area contributed by atoms with E-state index in [4.69, 9.17) is 10.7 Å². The lowest BCUT2D eigenvalue weighted by Crippen LogP contribution is -2.15. The first kappa shape index (κ1) is 17.2. The Morgan fingerprint density at radius 3 is 2.93 bits per heavy atom. The fourth-order valence-electron chi connectivity index (χ4n) is 3.82. The average Bonchev–Trinajstić information content (AvgIpc) is 3.29. The Balaban J connectivity index is 1.49. The third-order valence-corrected chi connectivity index (χ3v) is 7.67. The molecule has 0 saturated heterocycles. The topological polar surface area (TPSA) is 102 Å². The summed E-state index contributed by atoms with van der Waals surface area (Å²) in [7, 11) is 0. The largest absolute Gasteiger partial charge is 0.368 e. The Hall–Kier alpha value is -1.87. The Labute approximate surface area is 164 Å². The molecule has 3 N–H and O–H groups in total. The number of nitrogens with one attached hydrogen (secondary N) is 1. The molecular weight excluding hydrogens is 380 g/mol. The number of aromatic amines is 1. The molecule has 9 heteroatoms. The molecule has 0 bridgehead atoms. The normalized spacial score (nSPS) is 20.7. The molecule has 0 aliphatic heterocycles. The molecule has 0 aromatic carbocycles. The van der Waals surface area contributed by atoms with Crippen molar-refractivity contribution in [3.63, 3.8) is 0 Å². The maximum absolute atomic E-state index is 12.8. The van der Waals surface area contributed by atoms with Crippen molar-refractivity contribution in [1.82, 2.24) is 24.7 Å². The van der Waals surface area contributed by atoms with Crippen molar-refractivity contribution in [1.29, 1.82) is 0 Å². The number of aryl methyl sites for hydroxylation is 1. The SMILES string of the molecule is C[C@@H]1CCc2c(sc3nc([C@H](C)Sc4nnc(N)n4C4CC4)[nH]c(=O)c23)C1. The summed E-state index contributed by atoms with van der Waals surface area (Å²) in [5.74, 6) is 1.83. The second kappa shape index (κ2) is 6.34. The molecule has 27 heavy (non-hydrogen) atoms. The number of H-pyrrole nitrogens is 1. The third-order valence-electron chi connectivity index (χ3n) is 5.45. The van der Waals surface area contributed by atoms with E-state index in [1.54, 1.807) is 23.1 Å². The van der Waals surface area contributed by atoms with Gasteiger partial charge in [0.1, 0.15) is 10.7 Å². The van der Waals surface area contributed by atoms with Crippen LogP contribution in [0.1, 0.15) is 60.7 Å². The molecular formula is C18H22N6OS2. The second-order valence-corrected chi connectivity index (χ2v) is 10.1. The summed E-state index contributed by atoms with van der Waals surface area (Å²) >= 11 is 3.23. The molecule has 2 aliphatic carbocycles. The van der Waals surface area contributed by atoms with Gasteiger partial charge in [-0.15, -0.1) is 21.5 Å². The summed E-state index contributed by atoms with van der Waals surface area (Å²) in [5.41, 5.74) is 7.17. The van der Waals surface area contributed by atoms with E-state index in [0.717, 1.165) is 47.5 Å². The molecule has 1 saturated carbocycles. The predicted molar refractivity (Wildman–Crippen MR) is 108 cm³/mol. The minimum Gasteiger partial charge on any atom is -0.368 e. The Kier molecular flexibility index (Phi) is 4.05. The predicted octanol–water partition coefficient (Wildman–Crippen LogP) is 3.47. The summed E-state index contributed by atoms with van der Waals surface area (Å²) in [5, 5.41) is 9.80. The van der Waals surface area contributed by atoms with Crippen LogP contribution in [0.15, 0.2) is 9.95 Å². The van der Waals surface area contributed by atoms with Crippen LogP contribution in [0.2, 0.25) is 0 Å². The molecule has 7 nitrogen and oxygen atoms in total. The van der Waals surface area contributed by atoms with E-state index in [1.165, 1.54) is 10.4 Å². The van der Waals surface area contributed by atoms with Crippen molar-refractivity contribution < 1.29 is 0 Å². The zero-order valence-electron chi connectivity index (χ0n) is 15.4. The standard InChI is InChI=1S/C18H22N6OS2/c1-8-3-6-11-12(7-8)27-16-13(11)15(25)20-14(21-16)9(2)26-18-23-22-17(19)24(18)10-4-5-10/h8-10H,3-7H2,1-2H3,(H2,19,22)(H,20,21,25)/t8-,9+/m1/s1. The molecule has 0 amide bonds. The molecule has 3 aromatic heterocycles. The zero-order valence-corrected chi connectivity index (χ0v) is 17.0. The van der Waals surface area contributed by atoms with Crippen molar-refractivity contribution in [2.45, 2.75) is 62.4 Å². The number of fused-ring (bicyclic) bond motifs is 3. The quantitative estimate of drug-likeness (QED) is 0.648. The second-order valence-electron chi connectivity index (χ2n) is 7.69. The first-order chi connectivity index (χ1) is 13.0. The lowest BCUT2D eigenvalue weighted by Gasteiger charge is -2.17. The number of aromatic nitrogens is 5. The van der Waals surface area contributed by atoms with E-state index in [1.807, 2.05) is 11.5 Å². The van der Waals surface area contributed by atoms with Crippen molar-refractivity contribution in [2.75, 3.05) is 5.73 Å². The van der Waals surface area contributed by atoms with Gasteiger partial charge in [-0.3, -0.25) is 9.36 Å². The maximum Gasteiger partial charge on any atom is 0.259 e. The Bertz CT molecular complexity index is 1080. The van der Waals surface area contributed by atoms with E-state index >= 15 is 0 Å². The number of nitrogens with zero attached hydrogens (tertiary/aromatic N) is 4. The molecule has 3 heterocycles. The molecule has 5 rings (SSSR count). The molecule has 142 valence electrons. The van der Waals surface area contributed by atoms with Crippen LogP contribution in [-0.4, -0.2) is 24.7 Å². The first-order valence-electron chi connectivity index (χ1n) is 9.42. The number of rotatable bonds is 4. The van der Waals surface area contributed by atoms with Crippen LogP contribution >= 0.6 is 23.1 Å². The number of thiophene rings is 1. The Morgan fingerprint density at radius 2 is 2.15 bits per heavy atom. The number of hydrogen-bond donors (Lipinski definition) is 2. The summed E-state index contributed by atoms with van der Waals surface area (Å²) in [6.07, 6.45) is 5.41. The molecule has 0 spiro atoms. The van der Waals surface area contributed by atoms with Crippen molar-refractivity contribution in [3.8, 4) is 0 Å². The van der Waals surface area contributed by atoms with Gasteiger partial charge in [-0.25, -0.2) is 4.98 Å². The van der Waals surface area contributed by atoms with Crippen LogP contribution in [0.5, 0.6) is 0 Å². The molecule has 0 radical (unpaired) electrons. The van der Waals surface area contributed by atoms with Gasteiger partial charge in [0.25, 0.3) is 5.56 Å². The van der Waals surface area contributed by atoms with Gasteiger partial charge in [-0.2, -0.15) is 0 Å². The molecule has 3 aromatic rings. The van der Waals surface area contributed by atoms with Gasteiger partial charge in [-0.1, -0.05) is 18.7 Å². The lowest BCUT2D eigenvalue weighted by atomic mass is 9.89. The van der Waals surface area contributed by atoms with Gasteiger partial charge in [0.05, 0.1) is 10.6 Å². The summed E-state index contributed by atoms with van der Waals surface area (Å²) in [4.78, 5) is 22.8. The lowest BCUT2D eigenvalue weighted by molar-refractivity contribution is 0.509. The summed E-state index contributed by atoms with van der Waals surface area (Å²) < 4.78 is 2.00. The minimum absolute atomic E-state index is 0.0160. The fourth-order valence-corrected chi connectivity index (χ4v) is 6.19. The highest BCUT2D eigenvalue weighted by atomic mass is 32.2. The van der Waals surface area contributed by atoms with Crippen LogP contribution in [0.3, 0.4) is 0 Å². The number of hydrogen-bond acceptors (Lipinski definition) is 7. The maximum atomic E-state index is 12.8. The molecule has 2 atom stereocenters. The summed E-state index contributed by atoms with van der Waals surface area (Å²) in [6.45, 7) is 4.31. The Morgan fingerprint density at radius 1 is 1.33 bits per heavy atom. The van der Waals surface area contributed by atoms with E-state index in [9.17, 15) is 4.79 Å². The minimum atomic E-state index is -0.0405. The highest BCUT2D eigenvalue weighted by Gasteiger charge is 2.30. The highest BCUT2D eigenvalue weighted by Crippen LogP contribution is 2.42. The van der Waals surface area contributed by atoms with Crippen molar-refractivity contribution in [2.24, 2.45) is 5.92 Å². The van der Waals surface area contributed by atoms with Crippen molar-refractivity contribution >= 4 is 39.3 Å². The monoisotopic (exact) mass is 402 g/mol. The van der Waals surface area contributed by atoms with Crippen LogP contribution in [0.4, 0.5) is 5.95 Å². The fraction of sp³-hybridized carbons (Fsp3) is 0.556. The first-order valence-corrected chi connectivity index (χ1v) is 11.1. The molecule has 1 fully saturated rings. The van der Waals surface area contributed by atoms with Crippen LogP contribution in [0, 0.1) is 5.92 Å². The van der Waals surface area contributed by atoms with Gasteiger partial charge in [0.2, 0.25) is 5.95 Å². The van der Waals surface area contributed by atoms with Gasteiger partial charge in [0.15, 0.2) is 5.16 Å². The number of nitrogens with two attached hydrogens (primary N) is 1. The van der Waals surface area contributed by atoms with Gasteiger partial charge >= 0.3 is 0 Å². The number of nitrogen functional groups attached to an aromatic ring is 1. The van der Waals surface area contributed by atoms with E-state index < -0.39 is 0 Å². The van der Waals surface area contributed by atoms with E-state index in [2.05, 4.69) is 22.1 Å². The number of anilines is 1. The van der Waals surface area contributed by atoms with Crippen LogP contribution in [-0.2, 0) is 12.8 Å². The van der Waals surface area contributed by atoms with E-state index in [0.29, 0.717) is 23.7 Å². The van der Waals surface area contributed by atoms with Crippen molar-refractivity contribution in [3.05, 3.63) is 26.6 Å². The molecule has 2 aliphatic rings. The summed E-state index contributed by atoms with van der Waals surface area (Å²) in [6, 6.07) is 0.412. The molecule has 0 unspecified atom stereocenters. The van der Waals surface area contributed by atoms with Gasteiger partial charge in [0, 0.05) is 10.9 Å². The van der Waals surface area contributed by atoms with Gasteiger partial charge < -0.3 is 10.7 Å². The highest BCUT2D eigenvalue weighted by molar-refractivity contribution is 7.99. The van der Waals surface area contributed by atoms with Crippen LogP contribution < -0.4 is 11.3 Å². The third kappa shape index (κ3) is 2.97. The average molecular weight is 403 g/mol. The van der Waals surface area contributed by atoms with Crippen LogP contribution in [0.25, 0.3) is 10.2 Å². The number of thioether (sulfide) groups is 1. The van der Waals surface area contributed by atoms with E-state index in [-0.39, 0.29) is 10.8 Å².